The Labute approximate surface area is 204 Å². The Morgan fingerprint density at radius 3 is 2.66 bits per heavy atom. The van der Waals surface area contributed by atoms with Gasteiger partial charge in [0.15, 0.2) is 0 Å². The first-order chi connectivity index (χ1) is 17.2. The Kier molecular flexibility index (Phi) is 6.53. The third-order valence-corrected chi connectivity index (χ3v) is 6.15. The van der Waals surface area contributed by atoms with Crippen molar-refractivity contribution in [2.45, 2.75) is 26.0 Å². The van der Waals surface area contributed by atoms with Crippen LogP contribution in [0.1, 0.15) is 39.9 Å². The van der Waals surface area contributed by atoms with E-state index in [2.05, 4.69) is 21.4 Å². The van der Waals surface area contributed by atoms with Gasteiger partial charge in [-0.25, -0.2) is 9.97 Å². The number of anilines is 1. The van der Waals surface area contributed by atoms with Gasteiger partial charge in [-0.15, -0.1) is 0 Å². The highest BCUT2D eigenvalue weighted by Crippen LogP contribution is 2.26. The van der Waals surface area contributed by atoms with Gasteiger partial charge in [-0.05, 0) is 54.8 Å². The van der Waals surface area contributed by atoms with Gasteiger partial charge in [0, 0.05) is 36.1 Å². The molecular weight excluding hydrogens is 438 g/mol. The molecule has 174 valence electrons. The molecule has 4 aromatic rings. The van der Waals surface area contributed by atoms with Crippen molar-refractivity contribution < 1.29 is 9.53 Å². The number of hydrogen-bond acceptors (Lipinski definition) is 6. The molecule has 0 radical (unpaired) electrons. The number of nitriles is 1. The molecule has 0 atom stereocenters. The van der Waals surface area contributed by atoms with Crippen LogP contribution in [0.25, 0.3) is 10.9 Å². The van der Waals surface area contributed by atoms with Crippen LogP contribution in [0.5, 0.6) is 5.75 Å². The summed E-state index contributed by atoms with van der Waals surface area (Å²) in [6, 6.07) is 23.1. The van der Waals surface area contributed by atoms with Crippen LogP contribution in [0, 0.1) is 11.3 Å². The lowest BCUT2D eigenvalue weighted by Gasteiger charge is -2.16. The minimum Gasteiger partial charge on any atom is -0.489 e. The summed E-state index contributed by atoms with van der Waals surface area (Å²) in [5.41, 5.74) is 3.83. The fourth-order valence-corrected chi connectivity index (χ4v) is 4.28. The van der Waals surface area contributed by atoms with Gasteiger partial charge < -0.3 is 15.0 Å². The molecular formula is C28H25N5O2. The molecule has 0 saturated carbocycles. The molecule has 5 rings (SSSR count). The van der Waals surface area contributed by atoms with Gasteiger partial charge >= 0.3 is 0 Å². The van der Waals surface area contributed by atoms with Crippen molar-refractivity contribution in [1.29, 1.82) is 5.26 Å². The van der Waals surface area contributed by atoms with E-state index in [1.807, 2.05) is 65.6 Å². The lowest BCUT2D eigenvalue weighted by Crippen LogP contribution is -2.27. The van der Waals surface area contributed by atoms with Gasteiger partial charge in [-0.3, -0.25) is 4.79 Å². The zero-order valence-electron chi connectivity index (χ0n) is 19.3. The zero-order chi connectivity index (χ0) is 24.0. The lowest BCUT2D eigenvalue weighted by molar-refractivity contribution is 0.0793. The zero-order valence-corrected chi connectivity index (χ0v) is 19.3. The maximum absolute atomic E-state index is 12.8. The molecule has 0 unspecified atom stereocenters. The number of carbonyl (C=O) groups excluding carboxylic acids is 1. The molecule has 2 heterocycles. The van der Waals surface area contributed by atoms with Crippen LogP contribution in [0.2, 0.25) is 0 Å². The molecule has 0 aliphatic carbocycles. The molecule has 1 amide bonds. The number of nitrogens with zero attached hydrogens (tertiary/aromatic N) is 4. The number of hydrogen-bond donors (Lipinski definition) is 1. The molecule has 1 aromatic heterocycles. The molecule has 1 aliphatic rings. The fourth-order valence-electron chi connectivity index (χ4n) is 4.28. The molecule has 1 N–H and O–H groups in total. The first-order valence-corrected chi connectivity index (χ1v) is 11.7. The largest absolute Gasteiger partial charge is 0.489 e. The third kappa shape index (κ3) is 5.07. The maximum Gasteiger partial charge on any atom is 0.253 e. The predicted octanol–water partition coefficient (Wildman–Crippen LogP) is 4.93. The highest BCUT2D eigenvalue weighted by molar-refractivity contribution is 5.99. The number of aromatic nitrogens is 2. The van der Waals surface area contributed by atoms with Crippen molar-refractivity contribution in [3.05, 3.63) is 95.3 Å². The molecule has 7 heteroatoms. The molecule has 0 bridgehead atoms. The Balaban J connectivity index is 1.35. The van der Waals surface area contributed by atoms with E-state index >= 15 is 0 Å². The Hall–Kier alpha value is -4.44. The van der Waals surface area contributed by atoms with Crippen molar-refractivity contribution in [2.75, 3.05) is 18.4 Å². The first-order valence-electron chi connectivity index (χ1n) is 11.7. The van der Waals surface area contributed by atoms with Gasteiger partial charge in [0.25, 0.3) is 5.91 Å². The van der Waals surface area contributed by atoms with Crippen molar-refractivity contribution in [3.63, 3.8) is 0 Å². The summed E-state index contributed by atoms with van der Waals surface area (Å²) < 4.78 is 6.07. The molecule has 7 nitrogen and oxygen atoms in total. The average Bonchev–Trinajstić information content (AvgIpc) is 3.46. The number of nitrogens with one attached hydrogen (secondary N) is 1. The van der Waals surface area contributed by atoms with Crippen LogP contribution < -0.4 is 10.1 Å². The highest BCUT2D eigenvalue weighted by atomic mass is 16.5. The lowest BCUT2D eigenvalue weighted by atomic mass is 10.1. The van der Waals surface area contributed by atoms with Crippen molar-refractivity contribution in [2.24, 2.45) is 0 Å². The van der Waals surface area contributed by atoms with Crippen LogP contribution in [-0.4, -0.2) is 33.9 Å². The number of ether oxygens (including phenoxy) is 1. The topological polar surface area (TPSA) is 91.1 Å². The van der Waals surface area contributed by atoms with E-state index in [1.165, 1.54) is 6.33 Å². The van der Waals surface area contributed by atoms with Crippen molar-refractivity contribution >= 4 is 22.6 Å². The number of fused-ring (bicyclic) bond motifs is 1. The molecule has 3 aromatic carbocycles. The smallest absolute Gasteiger partial charge is 0.253 e. The van der Waals surface area contributed by atoms with Crippen molar-refractivity contribution in [3.8, 4) is 11.8 Å². The predicted molar refractivity (Wildman–Crippen MR) is 134 cm³/mol. The number of likely N-dealkylation sites (tertiary alicyclic amines) is 1. The third-order valence-electron chi connectivity index (χ3n) is 6.15. The van der Waals surface area contributed by atoms with E-state index in [0.717, 1.165) is 42.4 Å². The molecule has 1 fully saturated rings. The summed E-state index contributed by atoms with van der Waals surface area (Å²) in [6.45, 7) is 2.47. The van der Waals surface area contributed by atoms with Crippen molar-refractivity contribution in [1.82, 2.24) is 14.9 Å². The Morgan fingerprint density at radius 2 is 1.86 bits per heavy atom. The quantitative estimate of drug-likeness (QED) is 0.418. The fraction of sp³-hybridized carbons (Fsp3) is 0.214. The van der Waals surface area contributed by atoms with Gasteiger partial charge in [-0.1, -0.05) is 30.3 Å². The van der Waals surface area contributed by atoms with Gasteiger partial charge in [-0.2, -0.15) is 5.26 Å². The Morgan fingerprint density at radius 1 is 1.03 bits per heavy atom. The van der Waals surface area contributed by atoms with E-state index in [0.29, 0.717) is 41.4 Å². The minimum atomic E-state index is 0.0473. The van der Waals surface area contributed by atoms with E-state index in [9.17, 15) is 10.1 Å². The first kappa shape index (κ1) is 22.4. The molecule has 1 saturated heterocycles. The SMILES string of the molecule is N#Cc1ccc(OCc2ccccc2)c(CNc2ncnc3cc(C(=O)N4CCCC4)ccc23)c1. The second-order valence-corrected chi connectivity index (χ2v) is 8.52. The summed E-state index contributed by atoms with van der Waals surface area (Å²) in [5, 5.41) is 13.6. The number of benzene rings is 3. The van der Waals surface area contributed by atoms with E-state index in [1.54, 1.807) is 6.07 Å². The van der Waals surface area contributed by atoms with Crippen LogP contribution in [0.4, 0.5) is 5.82 Å². The van der Waals surface area contributed by atoms with Gasteiger partial charge in [0.1, 0.15) is 24.5 Å². The van der Waals surface area contributed by atoms with Crippen LogP contribution in [0.3, 0.4) is 0 Å². The van der Waals surface area contributed by atoms with Crippen LogP contribution in [-0.2, 0) is 13.2 Å². The van der Waals surface area contributed by atoms with E-state index in [-0.39, 0.29) is 5.91 Å². The average molecular weight is 464 g/mol. The van der Waals surface area contributed by atoms with E-state index in [4.69, 9.17) is 4.74 Å². The van der Waals surface area contributed by atoms with Gasteiger partial charge in [0.2, 0.25) is 0 Å². The molecule has 35 heavy (non-hydrogen) atoms. The molecule has 1 aliphatic heterocycles. The monoisotopic (exact) mass is 463 g/mol. The molecule has 0 spiro atoms. The standard InChI is InChI=1S/C28H25N5O2/c29-16-21-8-11-26(35-18-20-6-2-1-3-7-20)23(14-21)17-30-27-24-10-9-22(15-25(24)31-19-32-27)28(34)33-12-4-5-13-33/h1-3,6-11,14-15,19H,4-5,12-13,17-18H2,(H,30,31,32). The summed E-state index contributed by atoms with van der Waals surface area (Å²) in [7, 11) is 0. The van der Waals surface area contributed by atoms with E-state index < -0.39 is 0 Å². The number of rotatable bonds is 7. The second kappa shape index (κ2) is 10.2. The summed E-state index contributed by atoms with van der Waals surface area (Å²) in [6.07, 6.45) is 3.60. The summed E-state index contributed by atoms with van der Waals surface area (Å²) >= 11 is 0. The Bertz CT molecular complexity index is 1390. The number of carbonyl (C=O) groups is 1. The normalized spacial score (nSPS) is 12.9. The summed E-state index contributed by atoms with van der Waals surface area (Å²) in [4.78, 5) is 23.5. The highest BCUT2D eigenvalue weighted by Gasteiger charge is 2.20. The maximum atomic E-state index is 12.8. The number of amides is 1. The van der Waals surface area contributed by atoms with Gasteiger partial charge in [0.05, 0.1) is 17.1 Å². The minimum absolute atomic E-state index is 0.0473. The summed E-state index contributed by atoms with van der Waals surface area (Å²) in [5.74, 6) is 1.41. The van der Waals surface area contributed by atoms with Crippen LogP contribution in [0.15, 0.2) is 73.1 Å². The second-order valence-electron chi connectivity index (χ2n) is 8.52. The van der Waals surface area contributed by atoms with Crippen LogP contribution >= 0.6 is 0 Å².